The Labute approximate surface area is 94.3 Å². The lowest BCUT2D eigenvalue weighted by atomic mass is 10.1. The monoisotopic (exact) mass is 220 g/mol. The number of aryl methyl sites for hydroxylation is 1. The number of benzene rings is 1. The normalized spacial score (nSPS) is 10.5. The molecule has 0 radical (unpaired) electrons. The van der Waals surface area contributed by atoms with Crippen molar-refractivity contribution in [2.75, 3.05) is 0 Å². The van der Waals surface area contributed by atoms with E-state index in [-0.39, 0.29) is 0 Å². The lowest BCUT2D eigenvalue weighted by Gasteiger charge is -1.99. The summed E-state index contributed by atoms with van der Waals surface area (Å²) in [6.45, 7) is 2.15. The molecule has 0 spiro atoms. The fourth-order valence-electron chi connectivity index (χ4n) is 1.47. The highest BCUT2D eigenvalue weighted by Gasteiger charge is 2.02. The van der Waals surface area contributed by atoms with Crippen LogP contribution >= 0.6 is 11.6 Å². The lowest BCUT2D eigenvalue weighted by Crippen LogP contribution is -1.83. The zero-order valence-electron chi connectivity index (χ0n) is 8.63. The molecule has 2 aromatic rings. The van der Waals surface area contributed by atoms with Gasteiger partial charge < -0.3 is 4.98 Å². The molecule has 0 aliphatic rings. The molecule has 3 heteroatoms. The van der Waals surface area contributed by atoms with Gasteiger partial charge in [0.1, 0.15) is 5.82 Å². The number of hydrogen-bond donors (Lipinski definition) is 1. The first-order valence-corrected chi connectivity index (χ1v) is 5.56. The Morgan fingerprint density at radius 1 is 1.27 bits per heavy atom. The molecule has 0 saturated heterocycles. The molecule has 1 heterocycles. The third kappa shape index (κ3) is 2.21. The summed E-state index contributed by atoms with van der Waals surface area (Å²) in [5.41, 5.74) is 3.39. The van der Waals surface area contributed by atoms with Crippen LogP contribution in [0, 0.1) is 0 Å². The van der Waals surface area contributed by atoms with Crippen LogP contribution < -0.4 is 0 Å². The summed E-state index contributed by atoms with van der Waals surface area (Å²) in [6.07, 6.45) is 2.83. The molecule has 0 unspecified atom stereocenters. The van der Waals surface area contributed by atoms with Crippen LogP contribution in [-0.4, -0.2) is 9.97 Å². The van der Waals surface area contributed by atoms with Gasteiger partial charge in [-0.1, -0.05) is 31.2 Å². The Hall–Kier alpha value is -1.28. The van der Waals surface area contributed by atoms with Crippen molar-refractivity contribution in [2.24, 2.45) is 0 Å². The minimum Gasteiger partial charge on any atom is -0.341 e. The Morgan fingerprint density at radius 2 is 2.00 bits per heavy atom. The Morgan fingerprint density at radius 3 is 2.53 bits per heavy atom. The van der Waals surface area contributed by atoms with Gasteiger partial charge in [0.05, 0.1) is 5.88 Å². The summed E-state index contributed by atoms with van der Waals surface area (Å²) in [5, 5.41) is 0. The zero-order valence-corrected chi connectivity index (χ0v) is 9.38. The Bertz CT molecular complexity index is 431. The fraction of sp³-hybridized carbons (Fsp3) is 0.250. The molecule has 0 saturated carbocycles. The van der Waals surface area contributed by atoms with E-state index < -0.39 is 0 Å². The minimum absolute atomic E-state index is 0.472. The van der Waals surface area contributed by atoms with Crippen LogP contribution in [0.1, 0.15) is 18.2 Å². The number of imidazole rings is 1. The van der Waals surface area contributed by atoms with Crippen molar-refractivity contribution in [2.45, 2.75) is 19.2 Å². The average molecular weight is 221 g/mol. The SMILES string of the molecule is CCc1ccc(-c2ncc(CCl)[nH]2)cc1. The highest BCUT2D eigenvalue weighted by molar-refractivity contribution is 6.16. The molecule has 2 rings (SSSR count). The zero-order chi connectivity index (χ0) is 10.7. The van der Waals surface area contributed by atoms with Crippen LogP contribution in [0.25, 0.3) is 11.4 Å². The highest BCUT2D eigenvalue weighted by Crippen LogP contribution is 2.17. The van der Waals surface area contributed by atoms with Crippen molar-refractivity contribution < 1.29 is 0 Å². The van der Waals surface area contributed by atoms with Crippen LogP contribution in [0.3, 0.4) is 0 Å². The van der Waals surface area contributed by atoms with Crippen LogP contribution in [-0.2, 0) is 12.3 Å². The number of aromatic nitrogens is 2. The predicted octanol–water partition coefficient (Wildman–Crippen LogP) is 3.38. The number of rotatable bonds is 3. The molecule has 0 atom stereocenters. The Balaban J connectivity index is 2.28. The van der Waals surface area contributed by atoms with Crippen molar-refractivity contribution in [3.8, 4) is 11.4 Å². The summed E-state index contributed by atoms with van der Waals surface area (Å²) in [4.78, 5) is 7.45. The second-order valence-corrected chi connectivity index (χ2v) is 3.71. The summed E-state index contributed by atoms with van der Waals surface area (Å²) >= 11 is 5.70. The largest absolute Gasteiger partial charge is 0.341 e. The maximum absolute atomic E-state index is 5.70. The van der Waals surface area contributed by atoms with E-state index in [0.29, 0.717) is 5.88 Å². The van der Waals surface area contributed by atoms with Gasteiger partial charge in [-0.05, 0) is 12.0 Å². The number of H-pyrrole nitrogens is 1. The van der Waals surface area contributed by atoms with Crippen molar-refractivity contribution >= 4 is 11.6 Å². The van der Waals surface area contributed by atoms with Crippen molar-refractivity contribution in [3.63, 3.8) is 0 Å². The molecule has 15 heavy (non-hydrogen) atoms. The summed E-state index contributed by atoms with van der Waals surface area (Å²) in [5.74, 6) is 1.35. The highest BCUT2D eigenvalue weighted by atomic mass is 35.5. The van der Waals surface area contributed by atoms with Gasteiger partial charge in [0.25, 0.3) is 0 Å². The topological polar surface area (TPSA) is 28.7 Å². The minimum atomic E-state index is 0.472. The maximum Gasteiger partial charge on any atom is 0.137 e. The smallest absolute Gasteiger partial charge is 0.137 e. The maximum atomic E-state index is 5.70. The van der Waals surface area contributed by atoms with Gasteiger partial charge >= 0.3 is 0 Å². The molecule has 0 aliphatic heterocycles. The van der Waals surface area contributed by atoms with Crippen LogP contribution in [0.4, 0.5) is 0 Å². The molecule has 1 N–H and O–H groups in total. The molecule has 0 aliphatic carbocycles. The molecule has 0 fully saturated rings. The standard InChI is InChI=1S/C12H13ClN2/c1-2-9-3-5-10(6-4-9)12-14-8-11(7-13)15-12/h3-6,8H,2,7H2,1H3,(H,14,15). The number of nitrogens with one attached hydrogen (secondary N) is 1. The van der Waals surface area contributed by atoms with E-state index in [1.54, 1.807) is 6.20 Å². The van der Waals surface area contributed by atoms with Crippen molar-refractivity contribution in [3.05, 3.63) is 41.7 Å². The van der Waals surface area contributed by atoms with E-state index in [4.69, 9.17) is 11.6 Å². The number of alkyl halides is 1. The molecule has 1 aromatic heterocycles. The Kier molecular flexibility index (Phi) is 3.07. The second-order valence-electron chi connectivity index (χ2n) is 3.44. The van der Waals surface area contributed by atoms with Crippen molar-refractivity contribution in [1.82, 2.24) is 9.97 Å². The van der Waals surface area contributed by atoms with Gasteiger partial charge in [0, 0.05) is 17.5 Å². The van der Waals surface area contributed by atoms with Gasteiger partial charge in [-0.2, -0.15) is 0 Å². The molecule has 78 valence electrons. The van der Waals surface area contributed by atoms with E-state index >= 15 is 0 Å². The predicted molar refractivity (Wildman–Crippen MR) is 63.0 cm³/mol. The van der Waals surface area contributed by atoms with Gasteiger partial charge in [-0.3, -0.25) is 0 Å². The van der Waals surface area contributed by atoms with Crippen LogP contribution in [0.15, 0.2) is 30.5 Å². The molecule has 0 bridgehead atoms. The molecular formula is C12H13ClN2. The molecular weight excluding hydrogens is 208 g/mol. The van der Waals surface area contributed by atoms with E-state index in [2.05, 4.69) is 41.2 Å². The fourth-order valence-corrected chi connectivity index (χ4v) is 1.61. The summed E-state index contributed by atoms with van der Waals surface area (Å²) < 4.78 is 0. The first kappa shape index (κ1) is 10.2. The third-order valence-corrected chi connectivity index (χ3v) is 2.70. The van der Waals surface area contributed by atoms with Crippen molar-refractivity contribution in [1.29, 1.82) is 0 Å². The average Bonchev–Trinajstić information content (AvgIpc) is 2.78. The summed E-state index contributed by atoms with van der Waals surface area (Å²) in [6, 6.07) is 8.40. The molecule has 0 amide bonds. The van der Waals surface area contributed by atoms with Gasteiger partial charge in [0.15, 0.2) is 0 Å². The number of aromatic amines is 1. The van der Waals surface area contributed by atoms with Crippen LogP contribution in [0.2, 0.25) is 0 Å². The number of hydrogen-bond acceptors (Lipinski definition) is 1. The number of nitrogens with zero attached hydrogens (tertiary/aromatic N) is 1. The third-order valence-electron chi connectivity index (χ3n) is 2.41. The lowest BCUT2D eigenvalue weighted by molar-refractivity contribution is 1.14. The van der Waals surface area contributed by atoms with E-state index in [9.17, 15) is 0 Å². The first-order chi connectivity index (χ1) is 7.33. The van der Waals surface area contributed by atoms with Crippen LogP contribution in [0.5, 0.6) is 0 Å². The van der Waals surface area contributed by atoms with E-state index in [1.165, 1.54) is 5.56 Å². The molecule has 2 nitrogen and oxygen atoms in total. The van der Waals surface area contributed by atoms with E-state index in [1.807, 2.05) is 0 Å². The second kappa shape index (κ2) is 4.49. The summed E-state index contributed by atoms with van der Waals surface area (Å²) in [7, 11) is 0. The van der Waals surface area contributed by atoms with Gasteiger partial charge in [0.2, 0.25) is 0 Å². The van der Waals surface area contributed by atoms with E-state index in [0.717, 1.165) is 23.5 Å². The van der Waals surface area contributed by atoms with Gasteiger partial charge in [-0.25, -0.2) is 4.98 Å². The first-order valence-electron chi connectivity index (χ1n) is 5.02. The molecule has 1 aromatic carbocycles. The number of halogens is 1. The van der Waals surface area contributed by atoms with Gasteiger partial charge in [-0.15, -0.1) is 11.6 Å². The quantitative estimate of drug-likeness (QED) is 0.790.